The zero-order chi connectivity index (χ0) is 23.6. The van der Waals surface area contributed by atoms with E-state index in [-0.39, 0.29) is 12.3 Å². The topological polar surface area (TPSA) is 43.3 Å². The second-order valence-corrected chi connectivity index (χ2v) is 8.71. The van der Waals surface area contributed by atoms with Crippen LogP contribution in [-0.4, -0.2) is 17.8 Å². The third-order valence-corrected chi connectivity index (χ3v) is 6.52. The third kappa shape index (κ3) is 4.10. The molecule has 4 aromatic rings. The van der Waals surface area contributed by atoms with Crippen LogP contribution in [0.3, 0.4) is 0 Å². The molecule has 0 bridgehead atoms. The van der Waals surface area contributed by atoms with E-state index in [1.54, 1.807) is 7.11 Å². The molecule has 2 heterocycles. The van der Waals surface area contributed by atoms with E-state index in [4.69, 9.17) is 19.3 Å². The molecule has 4 aromatic carbocycles. The van der Waals surface area contributed by atoms with Crippen molar-refractivity contribution < 1.29 is 14.2 Å². The summed E-state index contributed by atoms with van der Waals surface area (Å²) in [6.45, 7) is 0.475. The standard InChI is InChI=1S/C30H26N2O3/c1-33-29-18-23(16-17-28(29)34-20-21-10-4-2-5-11-21)30-32-26(24-14-8-9-15-27(24)35-30)19-25(31-32)22-12-6-3-7-13-22/h2-18,26,30H,19-20H2,1H3/t26-,30+/m0/s1. The summed E-state index contributed by atoms with van der Waals surface area (Å²) in [4.78, 5) is 0. The van der Waals surface area contributed by atoms with Crippen molar-refractivity contribution in [3.63, 3.8) is 0 Å². The van der Waals surface area contributed by atoms with Crippen LogP contribution in [-0.2, 0) is 6.61 Å². The second-order valence-electron chi connectivity index (χ2n) is 8.71. The molecule has 0 saturated carbocycles. The van der Waals surface area contributed by atoms with Gasteiger partial charge in [-0.15, -0.1) is 0 Å². The number of hydrazone groups is 1. The minimum absolute atomic E-state index is 0.111. The highest BCUT2D eigenvalue weighted by Gasteiger charge is 2.41. The summed E-state index contributed by atoms with van der Waals surface area (Å²) in [5.41, 5.74) is 5.43. The number of methoxy groups -OCH3 is 1. The van der Waals surface area contributed by atoms with Crippen molar-refractivity contribution in [2.24, 2.45) is 5.10 Å². The first kappa shape index (κ1) is 21.3. The average Bonchev–Trinajstić information content (AvgIpc) is 3.38. The van der Waals surface area contributed by atoms with Gasteiger partial charge in [0.15, 0.2) is 11.5 Å². The summed E-state index contributed by atoms with van der Waals surface area (Å²) in [6.07, 6.45) is 0.462. The van der Waals surface area contributed by atoms with Crippen LogP contribution in [0.2, 0.25) is 0 Å². The lowest BCUT2D eigenvalue weighted by atomic mass is 9.96. The molecule has 0 fully saturated rings. The normalized spacial score (nSPS) is 18.2. The van der Waals surface area contributed by atoms with E-state index in [1.165, 1.54) is 0 Å². The lowest BCUT2D eigenvalue weighted by Gasteiger charge is -2.38. The van der Waals surface area contributed by atoms with Gasteiger partial charge in [0, 0.05) is 17.5 Å². The molecule has 5 heteroatoms. The molecule has 0 aromatic heterocycles. The van der Waals surface area contributed by atoms with E-state index in [1.807, 2.05) is 66.7 Å². The van der Waals surface area contributed by atoms with Crippen LogP contribution in [0.15, 0.2) is 108 Å². The number of nitrogens with zero attached hydrogens (tertiary/aromatic N) is 2. The molecule has 5 nitrogen and oxygen atoms in total. The van der Waals surface area contributed by atoms with Gasteiger partial charge in [-0.2, -0.15) is 5.10 Å². The first-order valence-corrected chi connectivity index (χ1v) is 11.8. The molecule has 2 aliphatic heterocycles. The zero-order valence-electron chi connectivity index (χ0n) is 19.5. The van der Waals surface area contributed by atoms with Gasteiger partial charge in [-0.05, 0) is 35.4 Å². The summed E-state index contributed by atoms with van der Waals surface area (Å²) in [6, 6.07) is 34.8. The second kappa shape index (κ2) is 9.18. The highest BCUT2D eigenvalue weighted by molar-refractivity contribution is 6.01. The SMILES string of the molecule is COc1cc([C@H]2Oc3ccccc3[C@@H]3CC(c4ccccc4)=NN23)ccc1OCc1ccccc1. The van der Waals surface area contributed by atoms with Crippen molar-refractivity contribution in [1.82, 2.24) is 5.01 Å². The Balaban J connectivity index is 1.33. The van der Waals surface area contributed by atoms with Crippen LogP contribution in [0.25, 0.3) is 0 Å². The Hall–Kier alpha value is -4.25. The average molecular weight is 463 g/mol. The summed E-state index contributed by atoms with van der Waals surface area (Å²) < 4.78 is 18.3. The molecule has 174 valence electrons. The maximum Gasteiger partial charge on any atom is 0.214 e. The van der Waals surface area contributed by atoms with Gasteiger partial charge < -0.3 is 14.2 Å². The van der Waals surface area contributed by atoms with Crippen molar-refractivity contribution >= 4 is 5.71 Å². The number of rotatable bonds is 6. The Kier molecular flexibility index (Phi) is 5.59. The summed E-state index contributed by atoms with van der Waals surface area (Å²) in [5, 5.41) is 7.13. The third-order valence-electron chi connectivity index (χ3n) is 6.52. The smallest absolute Gasteiger partial charge is 0.214 e. The number of hydrogen-bond donors (Lipinski definition) is 0. The molecule has 0 amide bonds. The van der Waals surface area contributed by atoms with Crippen LogP contribution in [0.1, 0.15) is 40.9 Å². The molecule has 35 heavy (non-hydrogen) atoms. The van der Waals surface area contributed by atoms with E-state index in [9.17, 15) is 0 Å². The maximum absolute atomic E-state index is 6.51. The molecule has 2 atom stereocenters. The molecular formula is C30H26N2O3. The number of fused-ring (bicyclic) bond motifs is 3. The summed E-state index contributed by atoms with van der Waals surface area (Å²) in [7, 11) is 1.66. The van der Waals surface area contributed by atoms with E-state index < -0.39 is 0 Å². The van der Waals surface area contributed by atoms with Gasteiger partial charge in [0.05, 0.1) is 18.9 Å². The van der Waals surface area contributed by atoms with Crippen LogP contribution in [0.4, 0.5) is 0 Å². The van der Waals surface area contributed by atoms with Crippen molar-refractivity contribution in [1.29, 1.82) is 0 Å². The first-order valence-electron chi connectivity index (χ1n) is 11.8. The molecule has 0 spiro atoms. The Morgan fingerprint density at radius 3 is 2.40 bits per heavy atom. The number of hydrogen-bond acceptors (Lipinski definition) is 5. The summed E-state index contributed by atoms with van der Waals surface area (Å²) >= 11 is 0. The fourth-order valence-corrected chi connectivity index (χ4v) is 4.75. The Labute approximate surface area is 205 Å². The van der Waals surface area contributed by atoms with Crippen molar-refractivity contribution in [2.45, 2.75) is 25.3 Å². The van der Waals surface area contributed by atoms with Gasteiger partial charge in [-0.25, -0.2) is 5.01 Å². The van der Waals surface area contributed by atoms with Crippen LogP contribution in [0.5, 0.6) is 17.2 Å². The van der Waals surface area contributed by atoms with Gasteiger partial charge >= 0.3 is 0 Å². The Morgan fingerprint density at radius 2 is 1.60 bits per heavy atom. The highest BCUT2D eigenvalue weighted by Crippen LogP contribution is 2.48. The van der Waals surface area contributed by atoms with Crippen LogP contribution in [0, 0.1) is 0 Å². The first-order chi connectivity index (χ1) is 17.3. The highest BCUT2D eigenvalue weighted by atomic mass is 16.5. The minimum atomic E-state index is -0.367. The Morgan fingerprint density at radius 1 is 0.857 bits per heavy atom. The lowest BCUT2D eigenvalue weighted by molar-refractivity contribution is -0.0191. The van der Waals surface area contributed by atoms with Gasteiger partial charge in [0.25, 0.3) is 0 Å². The van der Waals surface area contributed by atoms with Crippen LogP contribution < -0.4 is 14.2 Å². The number of benzene rings is 4. The molecule has 6 rings (SSSR count). The molecule has 0 radical (unpaired) electrons. The number of para-hydroxylation sites is 1. The lowest BCUT2D eigenvalue weighted by Crippen LogP contribution is -2.33. The van der Waals surface area contributed by atoms with Gasteiger partial charge in [0.1, 0.15) is 12.4 Å². The van der Waals surface area contributed by atoms with E-state index >= 15 is 0 Å². The van der Waals surface area contributed by atoms with Gasteiger partial charge in [-0.3, -0.25) is 0 Å². The predicted molar refractivity (Wildman–Crippen MR) is 136 cm³/mol. The molecule has 2 aliphatic rings. The molecule has 0 unspecified atom stereocenters. The minimum Gasteiger partial charge on any atom is -0.493 e. The van der Waals surface area contributed by atoms with Gasteiger partial charge in [0.2, 0.25) is 6.23 Å². The fraction of sp³-hybridized carbons (Fsp3) is 0.167. The fourth-order valence-electron chi connectivity index (χ4n) is 4.75. The molecule has 0 aliphatic carbocycles. The predicted octanol–water partition coefficient (Wildman–Crippen LogP) is 6.52. The van der Waals surface area contributed by atoms with Crippen molar-refractivity contribution in [3.05, 3.63) is 125 Å². The van der Waals surface area contributed by atoms with E-state index in [0.29, 0.717) is 18.1 Å². The van der Waals surface area contributed by atoms with Crippen molar-refractivity contribution in [2.75, 3.05) is 7.11 Å². The quantitative estimate of drug-likeness (QED) is 0.327. The monoisotopic (exact) mass is 462 g/mol. The van der Waals surface area contributed by atoms with Crippen LogP contribution >= 0.6 is 0 Å². The maximum atomic E-state index is 6.51. The number of ether oxygens (including phenoxy) is 3. The van der Waals surface area contributed by atoms with Gasteiger partial charge in [-0.1, -0.05) is 78.9 Å². The summed E-state index contributed by atoms with van der Waals surface area (Å²) in [5.74, 6) is 2.26. The zero-order valence-corrected chi connectivity index (χ0v) is 19.5. The molecule has 0 saturated heterocycles. The largest absolute Gasteiger partial charge is 0.493 e. The van der Waals surface area contributed by atoms with E-state index in [0.717, 1.165) is 40.1 Å². The molecule has 0 N–H and O–H groups in total. The van der Waals surface area contributed by atoms with Crippen molar-refractivity contribution in [3.8, 4) is 17.2 Å². The Bertz CT molecular complexity index is 1350. The molecular weight excluding hydrogens is 436 g/mol. The van der Waals surface area contributed by atoms with E-state index in [2.05, 4.69) is 41.4 Å².